The van der Waals surface area contributed by atoms with E-state index in [1.807, 2.05) is 42.6 Å². The molecule has 10 nitrogen and oxygen atoms in total. The molecular weight excluding hydrogens is 550 g/mol. The number of carbonyl (C=O) groups excluding carboxylic acids is 1. The van der Waals surface area contributed by atoms with Crippen molar-refractivity contribution in [3.05, 3.63) is 84.7 Å². The number of hydrogen-bond acceptors (Lipinski definition) is 8. The molecule has 0 aliphatic carbocycles. The molecule has 4 heterocycles. The molecule has 4 N–H and O–H groups in total. The molecule has 1 atom stereocenters. The van der Waals surface area contributed by atoms with Crippen molar-refractivity contribution in [3.8, 4) is 11.3 Å². The van der Waals surface area contributed by atoms with E-state index < -0.39 is 0 Å². The summed E-state index contributed by atoms with van der Waals surface area (Å²) in [6.45, 7) is 13.7. The largest absolute Gasteiger partial charge is 0.350 e. The molecule has 0 saturated carbocycles. The van der Waals surface area contributed by atoms with Gasteiger partial charge in [0.2, 0.25) is 17.8 Å². The lowest BCUT2D eigenvalue weighted by atomic mass is 9.91. The van der Waals surface area contributed by atoms with Crippen LogP contribution in [0.2, 0.25) is 0 Å². The summed E-state index contributed by atoms with van der Waals surface area (Å²) in [7, 11) is 0. The van der Waals surface area contributed by atoms with Crippen molar-refractivity contribution in [1.82, 2.24) is 29.9 Å². The van der Waals surface area contributed by atoms with Crippen LogP contribution in [0.3, 0.4) is 0 Å². The maximum atomic E-state index is 11.8. The second-order valence-electron chi connectivity index (χ2n) is 12.3. The van der Waals surface area contributed by atoms with E-state index in [1.54, 1.807) is 10.7 Å². The van der Waals surface area contributed by atoms with Crippen molar-refractivity contribution in [2.45, 2.75) is 64.6 Å². The Morgan fingerprint density at radius 1 is 1.18 bits per heavy atom. The van der Waals surface area contributed by atoms with Gasteiger partial charge in [-0.25, -0.2) is 0 Å². The Morgan fingerprint density at radius 2 is 2.02 bits per heavy atom. The molecule has 0 spiro atoms. The van der Waals surface area contributed by atoms with E-state index in [2.05, 4.69) is 72.8 Å². The van der Waals surface area contributed by atoms with E-state index >= 15 is 0 Å². The highest BCUT2D eigenvalue weighted by Crippen LogP contribution is 2.31. The highest BCUT2D eigenvalue weighted by molar-refractivity contribution is 6.02. The quantitative estimate of drug-likeness (QED) is 0.151. The first-order valence-electron chi connectivity index (χ1n) is 15.1. The fraction of sp³-hybridized carbons (Fsp3) is 0.324. The molecule has 6 rings (SSSR count). The SMILES string of the molecule is C=CC(=O)Nc1ccc2c(-c3ccccc3CNc3nc(NC4CCC(C)(C)NC4)nc4c(C(C)C)cnn34)nccc2c1. The Balaban J connectivity index is 1.31. The number of nitrogens with one attached hydrogen (secondary N) is 4. The standard InChI is InChI=1S/C34H39N9O/c1-6-29(44)39-24-11-12-27-22(17-24)14-16-35-30(27)26-10-8-7-9-23(26)18-36-33-42-32(40-25-13-15-34(4,5)37-19-25)41-31-28(21(2)3)20-38-43(31)33/h6-12,14,16-17,20-21,25,37H,1,13,15,18-19H2,2-5H3,(H,39,44)(H2,36,40,41,42). The predicted molar refractivity (Wildman–Crippen MR) is 177 cm³/mol. The maximum Gasteiger partial charge on any atom is 0.247 e. The molecule has 1 aliphatic heterocycles. The first-order valence-corrected chi connectivity index (χ1v) is 15.1. The minimum Gasteiger partial charge on any atom is -0.350 e. The Morgan fingerprint density at radius 3 is 2.80 bits per heavy atom. The van der Waals surface area contributed by atoms with E-state index in [9.17, 15) is 4.79 Å². The van der Waals surface area contributed by atoms with Gasteiger partial charge in [0.1, 0.15) is 0 Å². The smallest absolute Gasteiger partial charge is 0.247 e. The monoisotopic (exact) mass is 589 g/mol. The predicted octanol–water partition coefficient (Wildman–Crippen LogP) is 6.14. The van der Waals surface area contributed by atoms with Gasteiger partial charge in [0.15, 0.2) is 5.65 Å². The van der Waals surface area contributed by atoms with Gasteiger partial charge in [-0.05, 0) is 67.8 Å². The van der Waals surface area contributed by atoms with E-state index in [0.717, 1.165) is 58.2 Å². The fourth-order valence-corrected chi connectivity index (χ4v) is 5.65. The van der Waals surface area contributed by atoms with E-state index in [-0.39, 0.29) is 23.4 Å². The third-order valence-corrected chi connectivity index (χ3v) is 8.22. The number of pyridine rings is 1. The summed E-state index contributed by atoms with van der Waals surface area (Å²) in [6, 6.07) is 16.2. The fourth-order valence-electron chi connectivity index (χ4n) is 5.65. The number of nitrogens with zero attached hydrogens (tertiary/aromatic N) is 5. The molecule has 1 saturated heterocycles. The van der Waals surface area contributed by atoms with Crippen molar-refractivity contribution in [3.63, 3.8) is 0 Å². The van der Waals surface area contributed by atoms with Crippen molar-refractivity contribution >= 4 is 39.9 Å². The third-order valence-electron chi connectivity index (χ3n) is 8.22. The summed E-state index contributed by atoms with van der Waals surface area (Å²) in [5.41, 5.74) is 5.66. The molecule has 2 aromatic carbocycles. The van der Waals surface area contributed by atoms with Crippen LogP contribution in [0.15, 0.2) is 73.6 Å². The molecule has 1 amide bonds. The highest BCUT2D eigenvalue weighted by Gasteiger charge is 2.27. The van der Waals surface area contributed by atoms with E-state index in [1.165, 1.54) is 6.08 Å². The van der Waals surface area contributed by atoms with Crippen molar-refractivity contribution in [1.29, 1.82) is 0 Å². The van der Waals surface area contributed by atoms with E-state index in [0.29, 0.717) is 24.1 Å². The average Bonchev–Trinajstić information content (AvgIpc) is 3.45. The van der Waals surface area contributed by atoms with Gasteiger partial charge in [0.05, 0.1) is 11.9 Å². The van der Waals surface area contributed by atoms with Gasteiger partial charge >= 0.3 is 0 Å². The minimum absolute atomic E-state index is 0.141. The summed E-state index contributed by atoms with van der Waals surface area (Å²) in [6.07, 6.45) is 7.06. The van der Waals surface area contributed by atoms with Crippen LogP contribution in [0.25, 0.3) is 27.7 Å². The van der Waals surface area contributed by atoms with Crippen LogP contribution in [0.1, 0.15) is 57.6 Å². The van der Waals surface area contributed by atoms with Gasteiger partial charge in [-0.1, -0.05) is 50.8 Å². The number of carbonyl (C=O) groups is 1. The number of amides is 1. The molecule has 226 valence electrons. The minimum atomic E-state index is -0.246. The highest BCUT2D eigenvalue weighted by atomic mass is 16.1. The summed E-state index contributed by atoms with van der Waals surface area (Å²) in [5.74, 6) is 1.24. The normalized spacial score (nSPS) is 16.2. The first-order chi connectivity index (χ1) is 21.2. The van der Waals surface area contributed by atoms with Crippen LogP contribution in [-0.4, -0.2) is 48.6 Å². The lowest BCUT2D eigenvalue weighted by Crippen LogP contribution is -2.50. The zero-order valence-corrected chi connectivity index (χ0v) is 25.7. The zero-order valence-electron chi connectivity index (χ0n) is 25.7. The molecule has 1 fully saturated rings. The number of rotatable bonds is 9. The van der Waals surface area contributed by atoms with Crippen LogP contribution < -0.4 is 21.3 Å². The van der Waals surface area contributed by atoms with Crippen molar-refractivity contribution < 1.29 is 4.79 Å². The number of piperidine rings is 1. The summed E-state index contributed by atoms with van der Waals surface area (Å²) < 4.78 is 1.79. The van der Waals surface area contributed by atoms with Crippen LogP contribution >= 0.6 is 0 Å². The molecule has 0 radical (unpaired) electrons. The van der Waals surface area contributed by atoms with Crippen molar-refractivity contribution in [2.75, 3.05) is 22.5 Å². The lowest BCUT2D eigenvalue weighted by Gasteiger charge is -2.36. The van der Waals surface area contributed by atoms with Gasteiger partial charge in [0.25, 0.3) is 0 Å². The number of benzene rings is 2. The topological polar surface area (TPSA) is 121 Å². The summed E-state index contributed by atoms with van der Waals surface area (Å²) in [5, 5.41) is 20.2. The van der Waals surface area contributed by atoms with Gasteiger partial charge in [-0.2, -0.15) is 19.6 Å². The second-order valence-corrected chi connectivity index (χ2v) is 12.3. The second kappa shape index (κ2) is 12.0. The van der Waals surface area contributed by atoms with Crippen molar-refractivity contribution in [2.24, 2.45) is 0 Å². The Bertz CT molecular complexity index is 1830. The van der Waals surface area contributed by atoms with Crippen LogP contribution in [0, 0.1) is 0 Å². The van der Waals surface area contributed by atoms with Gasteiger partial charge in [0, 0.05) is 53.1 Å². The number of hydrogen-bond donors (Lipinski definition) is 4. The number of aromatic nitrogens is 5. The molecule has 0 bridgehead atoms. The molecule has 5 aromatic rings. The van der Waals surface area contributed by atoms with Crippen LogP contribution in [0.4, 0.5) is 17.6 Å². The summed E-state index contributed by atoms with van der Waals surface area (Å²) >= 11 is 0. The maximum absolute atomic E-state index is 11.8. The molecule has 1 aliphatic rings. The molecule has 3 aromatic heterocycles. The van der Waals surface area contributed by atoms with E-state index in [4.69, 9.17) is 15.0 Å². The Kier molecular flexibility index (Phi) is 8.01. The number of anilines is 3. The lowest BCUT2D eigenvalue weighted by molar-refractivity contribution is -0.111. The van der Waals surface area contributed by atoms with Crippen LogP contribution in [0.5, 0.6) is 0 Å². The molecular formula is C34H39N9O. The molecule has 1 unspecified atom stereocenters. The Labute approximate surface area is 257 Å². The average molecular weight is 590 g/mol. The van der Waals surface area contributed by atoms with Crippen LogP contribution in [-0.2, 0) is 11.3 Å². The summed E-state index contributed by atoms with van der Waals surface area (Å²) in [4.78, 5) is 26.4. The number of fused-ring (bicyclic) bond motifs is 2. The molecule has 44 heavy (non-hydrogen) atoms. The zero-order chi connectivity index (χ0) is 30.8. The van der Waals surface area contributed by atoms with Gasteiger partial charge < -0.3 is 21.3 Å². The third kappa shape index (κ3) is 6.12. The first kappa shape index (κ1) is 29.3. The molecule has 10 heteroatoms. The van der Waals surface area contributed by atoms with Gasteiger partial charge in [-0.15, -0.1) is 0 Å². The van der Waals surface area contributed by atoms with Gasteiger partial charge in [-0.3, -0.25) is 9.78 Å². The Hall–Kier alpha value is -4.83.